The average molecular weight is 303 g/mol. The molecule has 1 atom stereocenters. The van der Waals surface area contributed by atoms with E-state index in [0.29, 0.717) is 11.7 Å². The molecule has 2 rings (SSSR count). The summed E-state index contributed by atoms with van der Waals surface area (Å²) in [5.74, 6) is -0.357. The van der Waals surface area contributed by atoms with Gasteiger partial charge >= 0.3 is 0 Å². The van der Waals surface area contributed by atoms with Crippen LogP contribution in [0.1, 0.15) is 12.0 Å². The van der Waals surface area contributed by atoms with Crippen molar-refractivity contribution in [2.45, 2.75) is 18.6 Å². The first kappa shape index (κ1) is 15.3. The molecule has 1 aromatic rings. The maximum atomic E-state index is 12.0. The third kappa shape index (κ3) is 4.19. The van der Waals surface area contributed by atoms with Gasteiger partial charge in [-0.15, -0.1) is 6.58 Å². The maximum absolute atomic E-state index is 12.0. The maximum Gasteiger partial charge on any atom is 0.240 e. The van der Waals surface area contributed by atoms with Crippen LogP contribution < -0.4 is 10.6 Å². The van der Waals surface area contributed by atoms with E-state index in [0.717, 1.165) is 11.3 Å². The van der Waals surface area contributed by atoms with E-state index in [1.807, 2.05) is 31.2 Å². The number of amides is 2. The SMILES string of the molecule is C=CCN=C1NC(=O)[C@@H](CC(=O)Nc2ccccc2C)S1. The molecule has 2 amide bonds. The highest BCUT2D eigenvalue weighted by molar-refractivity contribution is 8.15. The van der Waals surface area contributed by atoms with E-state index in [9.17, 15) is 9.59 Å². The van der Waals surface area contributed by atoms with Crippen molar-refractivity contribution in [3.63, 3.8) is 0 Å². The van der Waals surface area contributed by atoms with E-state index in [2.05, 4.69) is 22.2 Å². The van der Waals surface area contributed by atoms with Gasteiger partial charge in [-0.3, -0.25) is 14.6 Å². The first-order chi connectivity index (χ1) is 10.1. The van der Waals surface area contributed by atoms with Gasteiger partial charge in [-0.2, -0.15) is 0 Å². The summed E-state index contributed by atoms with van der Waals surface area (Å²) in [6.07, 6.45) is 1.77. The van der Waals surface area contributed by atoms with Crippen LogP contribution in [0.4, 0.5) is 5.69 Å². The predicted octanol–water partition coefficient (Wildman–Crippen LogP) is 2.10. The van der Waals surface area contributed by atoms with Crippen molar-refractivity contribution in [2.75, 3.05) is 11.9 Å². The average Bonchev–Trinajstić information content (AvgIpc) is 2.79. The molecule has 0 saturated carbocycles. The number of para-hydroxylation sites is 1. The molecule has 110 valence electrons. The van der Waals surface area contributed by atoms with E-state index in [-0.39, 0.29) is 18.2 Å². The lowest BCUT2D eigenvalue weighted by Crippen LogP contribution is -2.28. The molecular formula is C15H17N3O2S. The highest BCUT2D eigenvalue weighted by Gasteiger charge is 2.31. The number of hydrogen-bond donors (Lipinski definition) is 2. The number of aliphatic imine (C=N–C) groups is 1. The second kappa shape index (κ2) is 7.08. The molecule has 0 aliphatic carbocycles. The summed E-state index contributed by atoms with van der Waals surface area (Å²) in [4.78, 5) is 28.0. The topological polar surface area (TPSA) is 70.6 Å². The Morgan fingerprint density at radius 2 is 2.29 bits per heavy atom. The second-order valence-electron chi connectivity index (χ2n) is 4.60. The number of hydrogen-bond acceptors (Lipinski definition) is 4. The van der Waals surface area contributed by atoms with Crippen LogP contribution in [0.25, 0.3) is 0 Å². The molecule has 1 aliphatic rings. The summed E-state index contributed by atoms with van der Waals surface area (Å²) in [6.45, 7) is 5.94. The fourth-order valence-corrected chi connectivity index (χ4v) is 2.82. The quantitative estimate of drug-likeness (QED) is 0.818. The summed E-state index contributed by atoms with van der Waals surface area (Å²) in [7, 11) is 0. The van der Waals surface area contributed by atoms with Gasteiger partial charge in [0.15, 0.2) is 5.17 Å². The van der Waals surface area contributed by atoms with Gasteiger partial charge in [0.05, 0.1) is 6.54 Å². The third-order valence-corrected chi connectivity index (χ3v) is 4.05. The molecule has 0 spiro atoms. The molecule has 2 N–H and O–H groups in total. The molecule has 0 aromatic heterocycles. The minimum Gasteiger partial charge on any atom is -0.326 e. The predicted molar refractivity (Wildman–Crippen MR) is 86.4 cm³/mol. The number of rotatable bonds is 5. The van der Waals surface area contributed by atoms with E-state index in [4.69, 9.17) is 0 Å². The first-order valence-electron chi connectivity index (χ1n) is 6.58. The normalized spacial score (nSPS) is 19.4. The zero-order valence-electron chi connectivity index (χ0n) is 11.8. The number of amidine groups is 1. The first-order valence-corrected chi connectivity index (χ1v) is 7.46. The van der Waals surface area contributed by atoms with Crippen LogP contribution in [-0.2, 0) is 9.59 Å². The lowest BCUT2D eigenvalue weighted by Gasteiger charge is -2.09. The van der Waals surface area contributed by atoms with Gasteiger partial charge in [0.1, 0.15) is 5.25 Å². The molecule has 6 heteroatoms. The van der Waals surface area contributed by atoms with E-state index < -0.39 is 5.25 Å². The third-order valence-electron chi connectivity index (χ3n) is 2.93. The molecule has 0 unspecified atom stereocenters. The Labute approximate surface area is 127 Å². The van der Waals surface area contributed by atoms with Gasteiger partial charge in [-0.25, -0.2) is 0 Å². The highest BCUT2D eigenvalue weighted by Crippen LogP contribution is 2.23. The van der Waals surface area contributed by atoms with Gasteiger partial charge in [0, 0.05) is 12.1 Å². The molecule has 1 aromatic carbocycles. The van der Waals surface area contributed by atoms with Crippen LogP contribution in [0.2, 0.25) is 0 Å². The molecule has 1 saturated heterocycles. The number of nitrogens with zero attached hydrogens (tertiary/aromatic N) is 1. The van der Waals surface area contributed by atoms with Crippen LogP contribution in [-0.4, -0.2) is 28.8 Å². The Morgan fingerprint density at radius 1 is 1.52 bits per heavy atom. The molecule has 0 radical (unpaired) electrons. The molecule has 0 bridgehead atoms. The fraction of sp³-hybridized carbons (Fsp3) is 0.267. The Morgan fingerprint density at radius 3 is 3.00 bits per heavy atom. The summed E-state index contributed by atoms with van der Waals surface area (Å²) >= 11 is 1.28. The minimum absolute atomic E-state index is 0.123. The fourth-order valence-electron chi connectivity index (χ4n) is 1.85. The second-order valence-corrected chi connectivity index (χ2v) is 5.79. The summed E-state index contributed by atoms with van der Waals surface area (Å²) < 4.78 is 0. The number of thioether (sulfide) groups is 1. The van der Waals surface area contributed by atoms with Crippen molar-refractivity contribution >= 4 is 34.4 Å². The Hall–Kier alpha value is -2.08. The summed E-state index contributed by atoms with van der Waals surface area (Å²) in [6, 6.07) is 7.53. The number of nitrogens with one attached hydrogen (secondary N) is 2. The summed E-state index contributed by atoms with van der Waals surface area (Å²) in [5.41, 5.74) is 1.76. The van der Waals surface area contributed by atoms with Crippen LogP contribution in [0.5, 0.6) is 0 Å². The van der Waals surface area contributed by atoms with Gasteiger partial charge in [0.25, 0.3) is 0 Å². The number of anilines is 1. The lowest BCUT2D eigenvalue weighted by atomic mass is 10.2. The van der Waals surface area contributed by atoms with Crippen LogP contribution in [0.3, 0.4) is 0 Å². The van der Waals surface area contributed by atoms with E-state index in [1.54, 1.807) is 6.08 Å². The largest absolute Gasteiger partial charge is 0.326 e. The van der Waals surface area contributed by atoms with Crippen molar-refractivity contribution in [3.8, 4) is 0 Å². The summed E-state index contributed by atoms with van der Waals surface area (Å²) in [5, 5.41) is 5.61. The number of carbonyl (C=O) groups excluding carboxylic acids is 2. The number of aryl methyl sites for hydroxylation is 1. The smallest absolute Gasteiger partial charge is 0.240 e. The monoisotopic (exact) mass is 303 g/mol. The van der Waals surface area contributed by atoms with Gasteiger partial charge in [-0.05, 0) is 18.6 Å². The number of carbonyl (C=O) groups is 2. The number of benzene rings is 1. The van der Waals surface area contributed by atoms with Crippen molar-refractivity contribution in [2.24, 2.45) is 4.99 Å². The van der Waals surface area contributed by atoms with Gasteiger partial charge < -0.3 is 10.6 Å². The zero-order valence-corrected chi connectivity index (χ0v) is 12.6. The zero-order chi connectivity index (χ0) is 15.2. The van der Waals surface area contributed by atoms with E-state index in [1.165, 1.54) is 11.8 Å². The van der Waals surface area contributed by atoms with Gasteiger partial charge in [-0.1, -0.05) is 36.0 Å². The van der Waals surface area contributed by atoms with Crippen molar-refractivity contribution in [1.82, 2.24) is 5.32 Å². The molecule has 1 heterocycles. The van der Waals surface area contributed by atoms with Crippen LogP contribution in [0.15, 0.2) is 41.9 Å². The van der Waals surface area contributed by atoms with Crippen molar-refractivity contribution < 1.29 is 9.59 Å². The Bertz CT molecular complexity index is 598. The standard InChI is InChI=1S/C15H17N3O2S/c1-3-8-16-15-18-14(20)12(21-15)9-13(19)17-11-7-5-4-6-10(11)2/h3-7,12H,1,8-9H2,2H3,(H,17,19)(H,16,18,20)/t12-/m1/s1. The lowest BCUT2D eigenvalue weighted by molar-refractivity contribution is -0.122. The van der Waals surface area contributed by atoms with Gasteiger partial charge in [0.2, 0.25) is 11.8 Å². The molecule has 5 nitrogen and oxygen atoms in total. The minimum atomic E-state index is -0.433. The Balaban J connectivity index is 1.93. The van der Waals surface area contributed by atoms with Crippen molar-refractivity contribution in [3.05, 3.63) is 42.5 Å². The molecule has 21 heavy (non-hydrogen) atoms. The molecule has 1 fully saturated rings. The van der Waals surface area contributed by atoms with Crippen LogP contribution in [0, 0.1) is 6.92 Å². The highest BCUT2D eigenvalue weighted by atomic mass is 32.2. The van der Waals surface area contributed by atoms with E-state index >= 15 is 0 Å². The molecule has 1 aliphatic heterocycles. The molecular weight excluding hydrogens is 286 g/mol. The van der Waals surface area contributed by atoms with Crippen molar-refractivity contribution in [1.29, 1.82) is 0 Å². The Kier molecular flexibility index (Phi) is 5.16. The van der Waals surface area contributed by atoms with Crippen LogP contribution >= 0.6 is 11.8 Å².